The average molecular weight is 211 g/mol. The van der Waals surface area contributed by atoms with Gasteiger partial charge < -0.3 is 10.4 Å². The highest BCUT2D eigenvalue weighted by Gasteiger charge is 2.16. The molecule has 1 saturated carbocycles. The van der Waals surface area contributed by atoms with Crippen molar-refractivity contribution < 1.29 is 9.90 Å². The first-order valence-corrected chi connectivity index (χ1v) is 5.68. The summed E-state index contributed by atoms with van der Waals surface area (Å²) in [6.07, 6.45) is 3.84. The van der Waals surface area contributed by atoms with Crippen molar-refractivity contribution in [1.29, 1.82) is 0 Å². The lowest BCUT2D eigenvalue weighted by atomic mass is 9.93. The summed E-state index contributed by atoms with van der Waals surface area (Å²) in [6.45, 7) is 0.808. The van der Waals surface area contributed by atoms with Crippen LogP contribution in [0.4, 0.5) is 0 Å². The second-order valence-corrected chi connectivity index (χ2v) is 4.61. The van der Waals surface area contributed by atoms with Crippen LogP contribution in [0.1, 0.15) is 34.5 Å². The number of nitrogens with one attached hydrogen (secondary N) is 1. The van der Waals surface area contributed by atoms with Crippen molar-refractivity contribution in [2.24, 2.45) is 0 Å². The Morgan fingerprint density at radius 1 is 1.64 bits per heavy atom. The van der Waals surface area contributed by atoms with Crippen LogP contribution in [0.15, 0.2) is 11.4 Å². The quantitative estimate of drug-likeness (QED) is 0.801. The van der Waals surface area contributed by atoms with Crippen molar-refractivity contribution in [3.05, 3.63) is 21.9 Å². The topological polar surface area (TPSA) is 49.3 Å². The number of carboxylic acids is 1. The Balaban J connectivity index is 1.86. The van der Waals surface area contributed by atoms with Gasteiger partial charge in [-0.3, -0.25) is 0 Å². The van der Waals surface area contributed by atoms with Crippen LogP contribution in [0, 0.1) is 0 Å². The number of carboxylic acid groups (broad SMARTS) is 1. The first kappa shape index (κ1) is 9.68. The molecular formula is C10H13NO2S. The number of thiophene rings is 1. The summed E-state index contributed by atoms with van der Waals surface area (Å²) < 4.78 is 0. The predicted octanol–water partition coefficient (Wildman–Crippen LogP) is 2.09. The van der Waals surface area contributed by atoms with Crippen LogP contribution in [-0.4, -0.2) is 17.1 Å². The minimum atomic E-state index is -0.837. The number of carbonyl (C=O) groups is 1. The van der Waals surface area contributed by atoms with Crippen molar-refractivity contribution >= 4 is 17.3 Å². The summed E-state index contributed by atoms with van der Waals surface area (Å²) in [5.74, 6) is -0.837. The number of rotatable bonds is 4. The van der Waals surface area contributed by atoms with Crippen LogP contribution >= 0.6 is 11.3 Å². The van der Waals surface area contributed by atoms with E-state index in [2.05, 4.69) is 5.32 Å². The van der Waals surface area contributed by atoms with Crippen LogP contribution < -0.4 is 5.32 Å². The molecule has 1 aromatic rings. The predicted molar refractivity (Wildman–Crippen MR) is 55.8 cm³/mol. The fourth-order valence-corrected chi connectivity index (χ4v) is 2.25. The minimum absolute atomic E-state index is 0.403. The highest BCUT2D eigenvalue weighted by Crippen LogP contribution is 2.20. The lowest BCUT2D eigenvalue weighted by molar-refractivity contribution is 0.0697. The number of hydrogen-bond acceptors (Lipinski definition) is 3. The van der Waals surface area contributed by atoms with Gasteiger partial charge >= 0.3 is 5.97 Å². The molecule has 1 aromatic heterocycles. The Morgan fingerprint density at radius 2 is 2.43 bits per heavy atom. The summed E-state index contributed by atoms with van der Waals surface area (Å²) in [6, 6.07) is 2.41. The van der Waals surface area contributed by atoms with Gasteiger partial charge in [0.1, 0.15) is 0 Å². The van der Waals surface area contributed by atoms with Gasteiger partial charge in [0.2, 0.25) is 0 Å². The second-order valence-electron chi connectivity index (χ2n) is 3.62. The van der Waals surface area contributed by atoms with E-state index in [0.717, 1.165) is 11.4 Å². The molecule has 0 aliphatic heterocycles. The van der Waals surface area contributed by atoms with E-state index >= 15 is 0 Å². The van der Waals surface area contributed by atoms with Crippen LogP contribution in [0.2, 0.25) is 0 Å². The van der Waals surface area contributed by atoms with Crippen LogP contribution in [0.3, 0.4) is 0 Å². The molecule has 0 radical (unpaired) electrons. The Labute approximate surface area is 86.8 Å². The highest BCUT2D eigenvalue weighted by atomic mass is 32.1. The molecule has 4 heteroatoms. The van der Waals surface area contributed by atoms with Gasteiger partial charge in [0.15, 0.2) is 0 Å². The molecule has 0 aromatic carbocycles. The minimum Gasteiger partial charge on any atom is -0.478 e. The Morgan fingerprint density at radius 3 is 2.93 bits per heavy atom. The molecule has 1 aliphatic carbocycles. The third-order valence-corrected chi connectivity index (χ3v) is 3.51. The molecule has 3 nitrogen and oxygen atoms in total. The Bertz CT molecular complexity index is 331. The maximum atomic E-state index is 10.6. The summed E-state index contributed by atoms with van der Waals surface area (Å²) in [5, 5.41) is 13.8. The lowest BCUT2D eigenvalue weighted by Gasteiger charge is -2.26. The molecule has 2 rings (SSSR count). The zero-order valence-electron chi connectivity index (χ0n) is 7.82. The number of hydrogen-bond donors (Lipinski definition) is 2. The van der Waals surface area contributed by atoms with Gasteiger partial charge in [-0.1, -0.05) is 6.42 Å². The molecule has 0 spiro atoms. The zero-order chi connectivity index (χ0) is 9.97. The van der Waals surface area contributed by atoms with Gasteiger partial charge in [0, 0.05) is 22.8 Å². The molecule has 0 unspecified atom stereocenters. The van der Waals surface area contributed by atoms with Crippen molar-refractivity contribution in [2.45, 2.75) is 31.8 Å². The maximum absolute atomic E-state index is 10.6. The van der Waals surface area contributed by atoms with Gasteiger partial charge in [0.25, 0.3) is 0 Å². The zero-order valence-corrected chi connectivity index (χ0v) is 8.64. The molecule has 1 aliphatic rings. The first-order chi connectivity index (χ1) is 6.75. The monoisotopic (exact) mass is 211 g/mol. The van der Waals surface area contributed by atoms with Crippen molar-refractivity contribution in [3.63, 3.8) is 0 Å². The molecule has 1 heterocycles. The fourth-order valence-electron chi connectivity index (χ4n) is 1.44. The summed E-state index contributed by atoms with van der Waals surface area (Å²) in [7, 11) is 0. The van der Waals surface area contributed by atoms with Gasteiger partial charge in [0.05, 0.1) is 5.56 Å². The van der Waals surface area contributed by atoms with Crippen LogP contribution in [0.25, 0.3) is 0 Å². The number of aromatic carboxylic acids is 1. The van der Waals surface area contributed by atoms with Crippen molar-refractivity contribution in [2.75, 3.05) is 0 Å². The van der Waals surface area contributed by atoms with Gasteiger partial charge in [-0.2, -0.15) is 0 Å². The summed E-state index contributed by atoms with van der Waals surface area (Å²) in [4.78, 5) is 11.7. The molecule has 0 saturated heterocycles. The Hall–Kier alpha value is -0.870. The van der Waals surface area contributed by atoms with Gasteiger partial charge in [-0.05, 0) is 18.9 Å². The van der Waals surface area contributed by atoms with Crippen LogP contribution in [0.5, 0.6) is 0 Å². The molecular weight excluding hydrogens is 198 g/mol. The van der Waals surface area contributed by atoms with E-state index in [1.165, 1.54) is 30.6 Å². The van der Waals surface area contributed by atoms with E-state index in [4.69, 9.17) is 5.11 Å². The normalized spacial score (nSPS) is 16.6. The van der Waals surface area contributed by atoms with E-state index < -0.39 is 5.97 Å². The lowest BCUT2D eigenvalue weighted by Crippen LogP contribution is -2.34. The van der Waals surface area contributed by atoms with Crippen molar-refractivity contribution in [1.82, 2.24) is 5.32 Å². The Kier molecular flexibility index (Phi) is 2.84. The maximum Gasteiger partial charge on any atom is 0.336 e. The fraction of sp³-hybridized carbons (Fsp3) is 0.500. The highest BCUT2D eigenvalue weighted by molar-refractivity contribution is 7.10. The van der Waals surface area contributed by atoms with E-state index in [1.54, 1.807) is 11.4 Å². The average Bonchev–Trinajstić information content (AvgIpc) is 2.50. The smallest absolute Gasteiger partial charge is 0.336 e. The SMILES string of the molecule is O=C(O)c1csc(CNC2CCC2)c1. The van der Waals surface area contributed by atoms with Crippen LogP contribution in [-0.2, 0) is 6.54 Å². The van der Waals surface area contributed by atoms with Gasteiger partial charge in [-0.25, -0.2) is 4.79 Å². The van der Waals surface area contributed by atoms with Crippen molar-refractivity contribution in [3.8, 4) is 0 Å². The standard InChI is InChI=1S/C10H13NO2S/c12-10(13)7-4-9(14-6-7)5-11-8-2-1-3-8/h4,6,8,11H,1-3,5H2,(H,12,13). The summed E-state index contributed by atoms with van der Waals surface area (Å²) >= 11 is 1.51. The van der Waals surface area contributed by atoms with E-state index in [-0.39, 0.29) is 0 Å². The van der Waals surface area contributed by atoms with Gasteiger partial charge in [-0.15, -0.1) is 11.3 Å². The molecule has 1 fully saturated rings. The molecule has 2 N–H and O–H groups in total. The largest absolute Gasteiger partial charge is 0.478 e. The third-order valence-electron chi connectivity index (χ3n) is 2.57. The summed E-state index contributed by atoms with van der Waals surface area (Å²) in [5.41, 5.74) is 0.403. The third kappa shape index (κ3) is 2.13. The molecule has 0 atom stereocenters. The molecule has 0 amide bonds. The van der Waals surface area contributed by atoms with E-state index in [0.29, 0.717) is 11.6 Å². The molecule has 0 bridgehead atoms. The molecule has 14 heavy (non-hydrogen) atoms. The molecule has 76 valence electrons. The first-order valence-electron chi connectivity index (χ1n) is 4.80. The van der Waals surface area contributed by atoms with E-state index in [9.17, 15) is 4.79 Å². The van der Waals surface area contributed by atoms with E-state index in [1.807, 2.05) is 0 Å². The second kappa shape index (κ2) is 4.11.